The predicted molar refractivity (Wildman–Crippen MR) is 130 cm³/mol. The number of likely N-dealkylation sites (tertiary alicyclic amines) is 1. The molecule has 3 aromatic rings. The average Bonchev–Trinajstić information content (AvgIpc) is 3.26. The number of nitrogens with zero attached hydrogens (tertiary/aromatic N) is 4. The van der Waals surface area contributed by atoms with Crippen LogP contribution in [0.5, 0.6) is 0 Å². The molecule has 2 heterocycles. The van der Waals surface area contributed by atoms with Crippen LogP contribution in [-0.2, 0) is 17.8 Å². The number of aliphatic imine (C=N–C) groups is 1. The number of hydrogen-bond donors (Lipinski definition) is 2. The molecule has 174 valence electrons. The van der Waals surface area contributed by atoms with E-state index in [1.54, 1.807) is 11.9 Å². The molecule has 1 saturated heterocycles. The van der Waals surface area contributed by atoms with E-state index in [0.717, 1.165) is 36.4 Å². The number of carbonyl (C=O) groups excluding carboxylic acids is 1. The van der Waals surface area contributed by atoms with Crippen molar-refractivity contribution in [2.24, 2.45) is 4.99 Å². The summed E-state index contributed by atoms with van der Waals surface area (Å²) >= 11 is 0. The maximum absolute atomic E-state index is 11.9. The highest BCUT2D eigenvalue weighted by molar-refractivity contribution is 5.80. The van der Waals surface area contributed by atoms with Gasteiger partial charge in [-0.25, -0.2) is 9.78 Å². The van der Waals surface area contributed by atoms with Crippen LogP contribution in [0, 0.1) is 0 Å². The third-order valence-corrected chi connectivity index (χ3v) is 5.95. The van der Waals surface area contributed by atoms with E-state index in [1.807, 2.05) is 31.5 Å². The molecule has 0 unspecified atom stereocenters. The second-order valence-electron chi connectivity index (χ2n) is 8.21. The van der Waals surface area contributed by atoms with Crippen LogP contribution in [0.2, 0.25) is 0 Å². The number of para-hydroxylation sites is 2. The van der Waals surface area contributed by atoms with Crippen LogP contribution >= 0.6 is 0 Å². The molecule has 0 saturated carbocycles. The maximum Gasteiger partial charge on any atom is 0.409 e. The monoisotopic (exact) mass is 448 g/mol. The van der Waals surface area contributed by atoms with Crippen LogP contribution in [0.4, 0.5) is 4.79 Å². The Morgan fingerprint density at radius 1 is 1.12 bits per heavy atom. The van der Waals surface area contributed by atoms with Crippen LogP contribution in [0.1, 0.15) is 30.9 Å². The van der Waals surface area contributed by atoms with Gasteiger partial charge in [0.05, 0.1) is 24.0 Å². The first-order valence-electron chi connectivity index (χ1n) is 11.5. The Balaban J connectivity index is 1.25. The molecule has 2 N–H and O–H groups in total. The Hall–Kier alpha value is -3.55. The fourth-order valence-corrected chi connectivity index (χ4v) is 4.09. The fourth-order valence-electron chi connectivity index (χ4n) is 4.09. The number of benzene rings is 2. The van der Waals surface area contributed by atoms with Gasteiger partial charge in [-0.3, -0.25) is 4.99 Å². The highest BCUT2D eigenvalue weighted by Gasteiger charge is 2.24. The molecule has 1 amide bonds. The summed E-state index contributed by atoms with van der Waals surface area (Å²) < 4.78 is 7.26. The Kier molecular flexibility index (Phi) is 7.44. The summed E-state index contributed by atoms with van der Waals surface area (Å²) in [6, 6.07) is 17.1. The summed E-state index contributed by atoms with van der Waals surface area (Å²) in [5.74, 6) is 0.776. The van der Waals surface area contributed by atoms with E-state index in [2.05, 4.69) is 55.5 Å². The molecule has 0 bridgehead atoms. The Morgan fingerprint density at radius 3 is 2.58 bits per heavy atom. The third kappa shape index (κ3) is 5.83. The topological polar surface area (TPSA) is 83.8 Å². The highest BCUT2D eigenvalue weighted by atomic mass is 16.6. The first kappa shape index (κ1) is 22.6. The number of guanidine groups is 1. The summed E-state index contributed by atoms with van der Waals surface area (Å²) in [7, 11) is 1.78. The molecule has 33 heavy (non-hydrogen) atoms. The molecular weight excluding hydrogens is 416 g/mol. The highest BCUT2D eigenvalue weighted by Crippen LogP contribution is 2.15. The average molecular weight is 449 g/mol. The minimum absolute atomic E-state index is 0.219. The molecule has 1 aliphatic heterocycles. The van der Waals surface area contributed by atoms with Crippen molar-refractivity contribution < 1.29 is 9.53 Å². The van der Waals surface area contributed by atoms with Gasteiger partial charge in [0.25, 0.3) is 0 Å². The van der Waals surface area contributed by atoms with Gasteiger partial charge >= 0.3 is 6.09 Å². The first-order chi connectivity index (χ1) is 16.2. The minimum Gasteiger partial charge on any atom is -0.450 e. The zero-order valence-electron chi connectivity index (χ0n) is 19.3. The Labute approximate surface area is 194 Å². The lowest BCUT2D eigenvalue weighted by Gasteiger charge is -2.32. The van der Waals surface area contributed by atoms with Gasteiger partial charge in [-0.1, -0.05) is 36.4 Å². The van der Waals surface area contributed by atoms with Crippen molar-refractivity contribution in [3.8, 4) is 0 Å². The number of carbonyl (C=O) groups is 1. The second-order valence-corrected chi connectivity index (χ2v) is 8.21. The number of ether oxygens (including phenoxy) is 1. The molecular formula is C25H32N6O2. The molecule has 0 radical (unpaired) electrons. The van der Waals surface area contributed by atoms with Gasteiger partial charge < -0.3 is 24.8 Å². The van der Waals surface area contributed by atoms with E-state index in [9.17, 15) is 4.79 Å². The Morgan fingerprint density at radius 2 is 1.85 bits per heavy atom. The predicted octanol–water partition coefficient (Wildman–Crippen LogP) is 3.37. The zero-order chi connectivity index (χ0) is 23.0. The largest absolute Gasteiger partial charge is 0.450 e. The summed E-state index contributed by atoms with van der Waals surface area (Å²) in [6.45, 7) is 5.12. The van der Waals surface area contributed by atoms with Crippen molar-refractivity contribution >= 4 is 23.1 Å². The van der Waals surface area contributed by atoms with E-state index in [1.165, 1.54) is 11.1 Å². The van der Waals surface area contributed by atoms with Crippen LogP contribution in [-0.4, -0.2) is 59.3 Å². The summed E-state index contributed by atoms with van der Waals surface area (Å²) in [4.78, 5) is 22.4. The Bertz CT molecular complexity index is 1080. The van der Waals surface area contributed by atoms with Crippen molar-refractivity contribution in [1.29, 1.82) is 0 Å². The van der Waals surface area contributed by atoms with Crippen LogP contribution in [0.15, 0.2) is 59.9 Å². The molecule has 8 heteroatoms. The van der Waals surface area contributed by atoms with Crippen molar-refractivity contribution in [3.05, 3.63) is 66.0 Å². The molecule has 0 spiro atoms. The van der Waals surface area contributed by atoms with Crippen LogP contribution in [0.3, 0.4) is 0 Å². The van der Waals surface area contributed by atoms with E-state index < -0.39 is 0 Å². The normalized spacial score (nSPS) is 15.0. The number of rotatable bonds is 6. The third-order valence-electron chi connectivity index (χ3n) is 5.95. The SMILES string of the molecule is CCOC(=O)N1CCC(NC(=NC)NCc2ccc(Cn3cnc4ccccc43)cc2)CC1. The molecule has 8 nitrogen and oxygen atoms in total. The second kappa shape index (κ2) is 10.8. The molecule has 0 atom stereocenters. The van der Waals surface area contributed by atoms with Crippen molar-refractivity contribution in [2.45, 2.75) is 38.9 Å². The number of hydrogen-bond acceptors (Lipinski definition) is 4. The fraction of sp³-hybridized carbons (Fsp3) is 0.400. The molecule has 0 aliphatic carbocycles. The van der Waals surface area contributed by atoms with E-state index in [0.29, 0.717) is 26.2 Å². The standard InChI is InChI=1S/C25H32N6O2/c1-3-33-25(32)30-14-12-21(13-15-30)29-24(26-2)27-16-19-8-10-20(11-9-19)17-31-18-28-22-6-4-5-7-23(22)31/h4-11,18,21H,3,12-17H2,1-2H3,(H2,26,27,29). The summed E-state index contributed by atoms with van der Waals surface area (Å²) in [5, 5.41) is 6.87. The molecule has 1 aliphatic rings. The van der Waals surface area contributed by atoms with Crippen LogP contribution < -0.4 is 10.6 Å². The van der Waals surface area contributed by atoms with Gasteiger partial charge in [-0.05, 0) is 43.0 Å². The van der Waals surface area contributed by atoms with Gasteiger partial charge in [-0.15, -0.1) is 0 Å². The smallest absolute Gasteiger partial charge is 0.409 e. The number of imidazole rings is 1. The number of fused-ring (bicyclic) bond motifs is 1. The maximum atomic E-state index is 11.9. The number of nitrogens with one attached hydrogen (secondary N) is 2. The molecule has 2 aromatic carbocycles. The van der Waals surface area contributed by atoms with Gasteiger partial charge in [0.15, 0.2) is 5.96 Å². The van der Waals surface area contributed by atoms with Crippen molar-refractivity contribution in [3.63, 3.8) is 0 Å². The lowest BCUT2D eigenvalue weighted by Crippen LogP contribution is -2.49. The van der Waals surface area contributed by atoms with Crippen molar-refractivity contribution in [2.75, 3.05) is 26.7 Å². The summed E-state index contributed by atoms with van der Waals surface area (Å²) in [6.07, 6.45) is 3.42. The van der Waals surface area contributed by atoms with Gasteiger partial charge in [0.1, 0.15) is 0 Å². The van der Waals surface area contributed by atoms with Crippen molar-refractivity contribution in [1.82, 2.24) is 25.1 Å². The number of aromatic nitrogens is 2. The molecule has 1 fully saturated rings. The van der Waals surface area contributed by atoms with E-state index in [-0.39, 0.29) is 12.1 Å². The van der Waals surface area contributed by atoms with Gasteiger partial charge in [0, 0.05) is 39.3 Å². The van der Waals surface area contributed by atoms with Gasteiger partial charge in [-0.2, -0.15) is 0 Å². The quantitative estimate of drug-likeness (QED) is 0.446. The number of amides is 1. The minimum atomic E-state index is -0.219. The lowest BCUT2D eigenvalue weighted by molar-refractivity contribution is 0.0963. The zero-order valence-corrected chi connectivity index (χ0v) is 19.3. The van der Waals surface area contributed by atoms with Crippen LogP contribution in [0.25, 0.3) is 11.0 Å². The lowest BCUT2D eigenvalue weighted by atomic mass is 10.1. The van der Waals surface area contributed by atoms with Gasteiger partial charge in [0.2, 0.25) is 0 Å². The van der Waals surface area contributed by atoms with E-state index >= 15 is 0 Å². The number of piperidine rings is 1. The molecule has 4 rings (SSSR count). The summed E-state index contributed by atoms with van der Waals surface area (Å²) in [5.41, 5.74) is 4.59. The van der Waals surface area contributed by atoms with E-state index in [4.69, 9.17) is 4.74 Å². The first-order valence-corrected chi connectivity index (χ1v) is 11.5. The molecule has 1 aromatic heterocycles.